The Morgan fingerprint density at radius 2 is 1.56 bits per heavy atom. The van der Waals surface area contributed by atoms with Crippen molar-refractivity contribution in [2.75, 3.05) is 12.0 Å². The van der Waals surface area contributed by atoms with E-state index in [1.165, 1.54) is 17.8 Å². The number of nitrogens with zero attached hydrogens (tertiary/aromatic N) is 1. The van der Waals surface area contributed by atoms with Gasteiger partial charge in [-0.2, -0.15) is 0 Å². The molecule has 7 aromatic rings. The molecule has 1 unspecified atom stereocenters. The third kappa shape index (κ3) is 7.87. The zero-order valence-corrected chi connectivity index (χ0v) is 31.3. The predicted octanol–water partition coefficient (Wildman–Crippen LogP) is 9.20. The molecule has 2 heterocycles. The lowest BCUT2D eigenvalue weighted by Gasteiger charge is -2.29. The molecule has 0 saturated carbocycles. The number of ether oxygens (including phenoxy) is 1. The number of carbonyl (C=O) groups excluding carboxylic acids is 2. The molecule has 276 valence electrons. The molecule has 10 nitrogen and oxygen atoms in total. The maximum absolute atomic E-state index is 15.0. The van der Waals surface area contributed by atoms with Gasteiger partial charge >= 0.3 is 7.82 Å². The van der Waals surface area contributed by atoms with E-state index in [0.717, 1.165) is 38.0 Å². The molecule has 0 saturated heterocycles. The van der Waals surface area contributed by atoms with Gasteiger partial charge in [-0.3, -0.25) is 19.0 Å². The molecule has 0 fully saturated rings. The fraction of sp³-hybridized carbons (Fsp3) is 0.116. The molecule has 0 aliphatic carbocycles. The fourth-order valence-corrected chi connectivity index (χ4v) is 8.84. The number of hydrogen-bond acceptors (Lipinski definition) is 7. The number of phosphoric acid groups is 1. The SMILES string of the molecule is COc1ccc([C@H]2Sc3ccccc3N(Cc3cccc4ccccc34)C(=O)[C@@H]2NC(=O)c2cc3cc(OP(=O)(O)OCc4ccccc4)ccc3[nH]2)cc1. The lowest BCUT2D eigenvalue weighted by molar-refractivity contribution is -0.120. The number of fused-ring (bicyclic) bond motifs is 3. The number of thioether (sulfide) groups is 1. The van der Waals surface area contributed by atoms with Gasteiger partial charge in [-0.25, -0.2) is 4.57 Å². The zero-order chi connectivity index (χ0) is 37.9. The van der Waals surface area contributed by atoms with Crippen molar-refractivity contribution in [3.05, 3.63) is 168 Å². The molecule has 0 spiro atoms. The number of phosphoric ester groups is 1. The van der Waals surface area contributed by atoms with Crippen molar-refractivity contribution in [2.24, 2.45) is 0 Å². The number of aromatic nitrogens is 1. The van der Waals surface area contributed by atoms with Gasteiger partial charge in [-0.1, -0.05) is 97.1 Å². The highest BCUT2D eigenvalue weighted by atomic mass is 32.2. The first kappa shape index (κ1) is 36.2. The minimum absolute atomic E-state index is 0.0918. The number of H-pyrrole nitrogens is 1. The average molecular weight is 770 g/mol. The number of aromatic amines is 1. The number of benzene rings is 6. The first-order chi connectivity index (χ1) is 26.7. The molecule has 6 aromatic carbocycles. The minimum Gasteiger partial charge on any atom is -0.497 e. The molecular weight excluding hydrogens is 734 g/mol. The Labute approximate surface area is 321 Å². The number of hydrogen-bond donors (Lipinski definition) is 3. The summed E-state index contributed by atoms with van der Waals surface area (Å²) in [5.74, 6) is 0.00915. The Bertz CT molecular complexity index is 2560. The Hall–Kier alpha value is -5.84. The van der Waals surface area contributed by atoms with Gasteiger partial charge in [0.2, 0.25) is 0 Å². The van der Waals surface area contributed by atoms with Crippen LogP contribution in [-0.4, -0.2) is 34.8 Å². The third-order valence-electron chi connectivity index (χ3n) is 9.48. The molecule has 1 aliphatic rings. The molecule has 8 rings (SSSR count). The average Bonchev–Trinajstić information content (AvgIpc) is 3.60. The van der Waals surface area contributed by atoms with Gasteiger partial charge in [-0.05, 0) is 76.0 Å². The normalized spacial score (nSPS) is 16.6. The van der Waals surface area contributed by atoms with Crippen molar-refractivity contribution in [3.63, 3.8) is 0 Å². The summed E-state index contributed by atoms with van der Waals surface area (Å²) in [6, 6.07) is 43.8. The first-order valence-electron chi connectivity index (χ1n) is 17.6. The van der Waals surface area contributed by atoms with E-state index in [0.29, 0.717) is 23.2 Å². The van der Waals surface area contributed by atoms with E-state index in [1.54, 1.807) is 54.5 Å². The topological polar surface area (TPSA) is 130 Å². The van der Waals surface area contributed by atoms with Crippen molar-refractivity contribution in [3.8, 4) is 11.5 Å². The molecule has 2 amide bonds. The molecule has 0 bridgehead atoms. The van der Waals surface area contributed by atoms with Crippen LogP contribution in [0.1, 0.15) is 32.4 Å². The minimum atomic E-state index is -4.46. The lowest BCUT2D eigenvalue weighted by Crippen LogP contribution is -2.50. The van der Waals surface area contributed by atoms with Gasteiger partial charge in [0.15, 0.2) is 0 Å². The van der Waals surface area contributed by atoms with Crippen LogP contribution in [0, 0.1) is 0 Å². The zero-order valence-electron chi connectivity index (χ0n) is 29.6. The van der Waals surface area contributed by atoms with Crippen LogP contribution in [0.15, 0.2) is 150 Å². The van der Waals surface area contributed by atoms with Gasteiger partial charge in [0.05, 0.1) is 31.2 Å². The van der Waals surface area contributed by atoms with Gasteiger partial charge in [0, 0.05) is 15.8 Å². The third-order valence-corrected chi connectivity index (χ3v) is 11.8. The molecule has 12 heteroatoms. The summed E-state index contributed by atoms with van der Waals surface area (Å²) < 4.78 is 28.7. The van der Waals surface area contributed by atoms with E-state index < -0.39 is 25.0 Å². The number of anilines is 1. The Kier molecular flexibility index (Phi) is 10.2. The van der Waals surface area contributed by atoms with Crippen molar-refractivity contribution in [1.29, 1.82) is 0 Å². The highest BCUT2D eigenvalue weighted by molar-refractivity contribution is 7.99. The number of amides is 2. The number of nitrogens with one attached hydrogen (secondary N) is 2. The summed E-state index contributed by atoms with van der Waals surface area (Å²) in [5, 5.41) is 5.26. The largest absolute Gasteiger partial charge is 0.527 e. The van der Waals surface area contributed by atoms with Crippen LogP contribution >= 0.6 is 19.6 Å². The van der Waals surface area contributed by atoms with E-state index in [4.69, 9.17) is 13.8 Å². The van der Waals surface area contributed by atoms with Crippen molar-refractivity contribution in [2.45, 2.75) is 29.3 Å². The first-order valence-corrected chi connectivity index (χ1v) is 19.9. The molecule has 1 aromatic heterocycles. The van der Waals surface area contributed by atoms with E-state index in [-0.39, 0.29) is 24.0 Å². The summed E-state index contributed by atoms with van der Waals surface area (Å²) in [5.41, 5.74) is 4.09. The molecule has 0 radical (unpaired) electrons. The summed E-state index contributed by atoms with van der Waals surface area (Å²) in [6.45, 7) is 0.184. The smallest absolute Gasteiger partial charge is 0.497 e. The maximum atomic E-state index is 15.0. The van der Waals surface area contributed by atoms with Crippen LogP contribution in [0.3, 0.4) is 0 Å². The Balaban J connectivity index is 1.10. The summed E-state index contributed by atoms with van der Waals surface area (Å²) in [4.78, 5) is 45.4. The molecule has 1 aliphatic heterocycles. The second kappa shape index (κ2) is 15.5. The second-order valence-corrected chi connectivity index (χ2v) is 15.6. The highest BCUT2D eigenvalue weighted by Crippen LogP contribution is 2.47. The van der Waals surface area contributed by atoms with Crippen LogP contribution in [0.25, 0.3) is 21.7 Å². The number of methoxy groups -OCH3 is 1. The van der Waals surface area contributed by atoms with Crippen molar-refractivity contribution >= 4 is 58.8 Å². The summed E-state index contributed by atoms with van der Waals surface area (Å²) in [7, 11) is -2.86. The van der Waals surface area contributed by atoms with E-state index >= 15 is 4.79 Å². The summed E-state index contributed by atoms with van der Waals surface area (Å²) in [6.07, 6.45) is 0. The van der Waals surface area contributed by atoms with E-state index in [2.05, 4.69) is 16.4 Å². The number of rotatable bonds is 11. The number of para-hydroxylation sites is 1. The van der Waals surface area contributed by atoms with Gasteiger partial charge in [0.25, 0.3) is 11.8 Å². The maximum Gasteiger partial charge on any atom is 0.527 e. The van der Waals surface area contributed by atoms with Crippen LogP contribution < -0.4 is 19.5 Å². The van der Waals surface area contributed by atoms with Crippen molar-refractivity contribution in [1.82, 2.24) is 10.3 Å². The van der Waals surface area contributed by atoms with E-state index in [1.807, 2.05) is 91.0 Å². The molecular formula is C43H36N3O7PS. The lowest BCUT2D eigenvalue weighted by atomic mass is 10.0. The summed E-state index contributed by atoms with van der Waals surface area (Å²) >= 11 is 1.52. The Morgan fingerprint density at radius 3 is 2.38 bits per heavy atom. The van der Waals surface area contributed by atoms with Crippen LogP contribution in [0.4, 0.5) is 5.69 Å². The van der Waals surface area contributed by atoms with Crippen LogP contribution in [0.5, 0.6) is 11.5 Å². The fourth-order valence-electron chi connectivity index (χ4n) is 6.75. The molecule has 3 N–H and O–H groups in total. The molecule has 55 heavy (non-hydrogen) atoms. The quantitative estimate of drug-likeness (QED) is 0.111. The van der Waals surface area contributed by atoms with Crippen molar-refractivity contribution < 1.29 is 32.8 Å². The highest BCUT2D eigenvalue weighted by Gasteiger charge is 2.40. The van der Waals surface area contributed by atoms with Gasteiger partial charge < -0.3 is 24.5 Å². The Morgan fingerprint density at radius 1 is 0.836 bits per heavy atom. The van der Waals surface area contributed by atoms with Gasteiger partial charge in [-0.15, -0.1) is 11.8 Å². The predicted molar refractivity (Wildman–Crippen MR) is 214 cm³/mol. The van der Waals surface area contributed by atoms with Crippen LogP contribution in [0.2, 0.25) is 0 Å². The second-order valence-electron chi connectivity index (χ2n) is 13.0. The van der Waals surface area contributed by atoms with Crippen LogP contribution in [-0.2, 0) is 27.0 Å². The van der Waals surface area contributed by atoms with Gasteiger partial charge in [0.1, 0.15) is 23.2 Å². The number of carbonyl (C=O) groups is 2. The molecule has 3 atom stereocenters. The standard InChI is InChI=1S/C43H36N3O7PS/c1-51-33-20-18-30(19-21-33)41-40(43(48)46(38-16-7-8-17-39(38)55-41)26-31-14-9-13-29-12-5-6-15-35(29)31)45-42(47)37-25-32-24-34(22-23-36(32)44-37)53-54(49,50)52-27-28-10-3-2-4-11-28/h2-25,40-41,44H,26-27H2,1H3,(H,45,47)(H,49,50)/t40-,41-/m1/s1. The van der Waals surface area contributed by atoms with E-state index in [9.17, 15) is 14.3 Å². The monoisotopic (exact) mass is 769 g/mol.